The Balaban J connectivity index is 1.82. The van der Waals surface area contributed by atoms with Crippen molar-refractivity contribution in [2.45, 2.75) is 6.18 Å². The minimum Gasteiger partial charge on any atom is -0.397 e. The van der Waals surface area contributed by atoms with Crippen LogP contribution in [0.25, 0.3) is 0 Å². The first-order valence-electron chi connectivity index (χ1n) is 6.41. The van der Waals surface area contributed by atoms with E-state index in [1.807, 2.05) is 10.2 Å². The van der Waals surface area contributed by atoms with Gasteiger partial charge in [-0.3, -0.25) is 0 Å². The number of halogens is 3. The molecule has 0 bridgehead atoms. The lowest BCUT2D eigenvalue weighted by Crippen LogP contribution is -2.53. The van der Waals surface area contributed by atoms with E-state index < -0.39 is 18.8 Å². The van der Waals surface area contributed by atoms with Gasteiger partial charge in [0.1, 0.15) is 12.4 Å². The van der Waals surface area contributed by atoms with E-state index >= 15 is 0 Å². The number of alkyl halides is 3. The lowest BCUT2D eigenvalue weighted by molar-refractivity contribution is -0.123. The molecule has 1 aromatic rings. The molecule has 0 radical (unpaired) electrons. The minimum absolute atomic E-state index is 0.343. The van der Waals surface area contributed by atoms with Crippen molar-refractivity contribution in [3.63, 3.8) is 0 Å². The number of nitrogens with zero attached hydrogens (tertiary/aromatic N) is 3. The fourth-order valence-electron chi connectivity index (χ4n) is 2.01. The van der Waals surface area contributed by atoms with Crippen molar-refractivity contribution >= 4 is 17.5 Å². The monoisotopic (exact) mass is 303 g/mol. The average molecular weight is 303 g/mol. The van der Waals surface area contributed by atoms with Gasteiger partial charge in [-0.05, 0) is 12.1 Å². The number of amides is 2. The lowest BCUT2D eigenvalue weighted by atomic mass is 10.3. The van der Waals surface area contributed by atoms with Crippen LogP contribution in [-0.2, 0) is 0 Å². The zero-order valence-electron chi connectivity index (χ0n) is 11.2. The van der Waals surface area contributed by atoms with Crippen LogP contribution in [0.15, 0.2) is 18.3 Å². The SMILES string of the molecule is Nc1ccc(N2CCN(C(=O)NCC(F)(F)F)CC2)nc1. The van der Waals surface area contributed by atoms with Crippen LogP contribution in [0.1, 0.15) is 0 Å². The number of piperazine rings is 1. The smallest absolute Gasteiger partial charge is 0.397 e. The third kappa shape index (κ3) is 4.40. The molecule has 6 nitrogen and oxygen atoms in total. The Morgan fingerprint density at radius 1 is 1.29 bits per heavy atom. The summed E-state index contributed by atoms with van der Waals surface area (Å²) in [6.07, 6.45) is -2.86. The number of aromatic nitrogens is 1. The summed E-state index contributed by atoms with van der Waals surface area (Å²) < 4.78 is 36.1. The second-order valence-electron chi connectivity index (χ2n) is 4.70. The molecule has 2 rings (SSSR count). The molecule has 116 valence electrons. The van der Waals surface area contributed by atoms with Crippen molar-refractivity contribution in [3.8, 4) is 0 Å². The minimum atomic E-state index is -4.40. The van der Waals surface area contributed by atoms with E-state index in [1.54, 1.807) is 12.1 Å². The van der Waals surface area contributed by atoms with E-state index in [1.165, 1.54) is 11.1 Å². The summed E-state index contributed by atoms with van der Waals surface area (Å²) in [4.78, 5) is 19.1. The van der Waals surface area contributed by atoms with Crippen LogP contribution in [0, 0.1) is 0 Å². The Labute approximate surface area is 119 Å². The summed E-state index contributed by atoms with van der Waals surface area (Å²) in [7, 11) is 0. The van der Waals surface area contributed by atoms with Crippen LogP contribution in [0.3, 0.4) is 0 Å². The predicted octanol–water partition coefficient (Wildman–Crippen LogP) is 1.06. The number of nitrogens with one attached hydrogen (secondary N) is 1. The Morgan fingerprint density at radius 3 is 2.48 bits per heavy atom. The maximum atomic E-state index is 12.0. The van der Waals surface area contributed by atoms with Crippen LogP contribution in [0.2, 0.25) is 0 Å². The maximum absolute atomic E-state index is 12.0. The first-order chi connectivity index (χ1) is 9.85. The summed E-state index contributed by atoms with van der Waals surface area (Å²) in [6.45, 7) is 0.393. The Morgan fingerprint density at radius 2 is 1.95 bits per heavy atom. The van der Waals surface area contributed by atoms with Crippen LogP contribution in [0.5, 0.6) is 0 Å². The van der Waals surface area contributed by atoms with E-state index in [2.05, 4.69) is 4.98 Å². The van der Waals surface area contributed by atoms with Gasteiger partial charge in [-0.1, -0.05) is 0 Å². The van der Waals surface area contributed by atoms with Gasteiger partial charge in [0.2, 0.25) is 0 Å². The van der Waals surface area contributed by atoms with Gasteiger partial charge in [0.15, 0.2) is 0 Å². The number of hydrogen-bond donors (Lipinski definition) is 2. The third-order valence-electron chi connectivity index (χ3n) is 3.10. The molecule has 2 heterocycles. The number of carbonyl (C=O) groups is 1. The van der Waals surface area contributed by atoms with Crippen LogP contribution in [0.4, 0.5) is 29.5 Å². The molecular weight excluding hydrogens is 287 g/mol. The highest BCUT2D eigenvalue weighted by Gasteiger charge is 2.29. The number of nitrogens with two attached hydrogens (primary N) is 1. The molecule has 0 saturated carbocycles. The van der Waals surface area contributed by atoms with Gasteiger partial charge in [0.25, 0.3) is 0 Å². The molecule has 1 aliphatic rings. The van der Waals surface area contributed by atoms with E-state index in [9.17, 15) is 18.0 Å². The highest BCUT2D eigenvalue weighted by Crippen LogP contribution is 2.15. The zero-order valence-corrected chi connectivity index (χ0v) is 11.2. The molecule has 0 atom stereocenters. The largest absolute Gasteiger partial charge is 0.405 e. The van der Waals surface area contributed by atoms with Crippen molar-refractivity contribution in [2.75, 3.05) is 43.4 Å². The van der Waals surface area contributed by atoms with Crippen molar-refractivity contribution in [1.82, 2.24) is 15.2 Å². The number of pyridine rings is 1. The summed E-state index contributed by atoms with van der Waals surface area (Å²) >= 11 is 0. The number of carbonyl (C=O) groups excluding carboxylic acids is 1. The standard InChI is InChI=1S/C12H16F3N5O/c13-12(14,15)8-18-11(21)20-5-3-19(4-6-20)10-2-1-9(16)7-17-10/h1-2,7H,3-6,8,16H2,(H,18,21). The maximum Gasteiger partial charge on any atom is 0.405 e. The highest BCUT2D eigenvalue weighted by molar-refractivity contribution is 5.74. The first kappa shape index (κ1) is 15.2. The van der Waals surface area contributed by atoms with Crippen LogP contribution in [-0.4, -0.2) is 54.8 Å². The van der Waals surface area contributed by atoms with Crippen LogP contribution < -0.4 is 16.0 Å². The highest BCUT2D eigenvalue weighted by atomic mass is 19.4. The first-order valence-corrected chi connectivity index (χ1v) is 6.41. The Hall–Kier alpha value is -2.19. The van der Waals surface area contributed by atoms with Crippen molar-refractivity contribution < 1.29 is 18.0 Å². The molecule has 9 heteroatoms. The van der Waals surface area contributed by atoms with E-state index in [0.29, 0.717) is 31.9 Å². The average Bonchev–Trinajstić information content (AvgIpc) is 2.45. The second-order valence-corrected chi connectivity index (χ2v) is 4.70. The summed E-state index contributed by atoms with van der Waals surface area (Å²) in [6, 6.07) is 2.80. The van der Waals surface area contributed by atoms with Crippen LogP contribution >= 0.6 is 0 Å². The molecule has 3 N–H and O–H groups in total. The number of anilines is 2. The van der Waals surface area contributed by atoms with Gasteiger partial charge in [0, 0.05) is 26.2 Å². The molecule has 0 aromatic carbocycles. The molecule has 1 aromatic heterocycles. The van der Waals surface area contributed by atoms with Gasteiger partial charge >= 0.3 is 12.2 Å². The number of nitrogen functional groups attached to an aromatic ring is 1. The molecule has 0 unspecified atom stereocenters. The predicted molar refractivity (Wildman–Crippen MR) is 71.9 cm³/mol. The Bertz CT molecular complexity index is 483. The Kier molecular flexibility index (Phi) is 4.39. The third-order valence-corrected chi connectivity index (χ3v) is 3.10. The van der Waals surface area contributed by atoms with Gasteiger partial charge in [-0.15, -0.1) is 0 Å². The van der Waals surface area contributed by atoms with Crippen molar-refractivity contribution in [1.29, 1.82) is 0 Å². The molecule has 1 saturated heterocycles. The summed E-state index contributed by atoms with van der Waals surface area (Å²) in [5.74, 6) is 0.736. The quantitative estimate of drug-likeness (QED) is 0.856. The number of urea groups is 1. The lowest BCUT2D eigenvalue weighted by Gasteiger charge is -2.35. The van der Waals surface area contributed by atoms with Crippen molar-refractivity contribution in [2.24, 2.45) is 0 Å². The summed E-state index contributed by atoms with van der Waals surface area (Å²) in [5.41, 5.74) is 6.11. The molecule has 2 amide bonds. The topological polar surface area (TPSA) is 74.5 Å². The van der Waals surface area contributed by atoms with Gasteiger partial charge in [-0.25, -0.2) is 9.78 Å². The van der Waals surface area contributed by atoms with E-state index in [0.717, 1.165) is 5.82 Å². The number of hydrogen-bond acceptors (Lipinski definition) is 4. The molecule has 1 fully saturated rings. The fraction of sp³-hybridized carbons (Fsp3) is 0.500. The zero-order chi connectivity index (χ0) is 15.5. The normalized spacial score (nSPS) is 16.0. The molecule has 0 spiro atoms. The number of rotatable bonds is 2. The molecule has 1 aliphatic heterocycles. The molecule has 21 heavy (non-hydrogen) atoms. The van der Waals surface area contributed by atoms with Crippen molar-refractivity contribution in [3.05, 3.63) is 18.3 Å². The van der Waals surface area contributed by atoms with Gasteiger partial charge < -0.3 is 20.9 Å². The molecule has 0 aliphatic carbocycles. The summed E-state index contributed by atoms with van der Waals surface area (Å²) in [5, 5.41) is 1.87. The van der Waals surface area contributed by atoms with Gasteiger partial charge in [-0.2, -0.15) is 13.2 Å². The van der Waals surface area contributed by atoms with Gasteiger partial charge in [0.05, 0.1) is 11.9 Å². The fourth-order valence-corrected chi connectivity index (χ4v) is 2.01. The van der Waals surface area contributed by atoms with E-state index in [4.69, 9.17) is 5.73 Å². The molecular formula is C12H16F3N5O. The second kappa shape index (κ2) is 6.06. The van der Waals surface area contributed by atoms with E-state index in [-0.39, 0.29) is 0 Å².